The number of carbonyl (C=O) groups excluding carboxylic acids is 1. The van der Waals surface area contributed by atoms with Gasteiger partial charge >= 0.3 is 5.97 Å². The highest BCUT2D eigenvalue weighted by Crippen LogP contribution is 2.37. The molecule has 0 unspecified atom stereocenters. The lowest BCUT2D eigenvalue weighted by atomic mass is 10.1. The van der Waals surface area contributed by atoms with Crippen LogP contribution in [-0.4, -0.2) is 17.6 Å². The molecule has 0 saturated carbocycles. The highest BCUT2D eigenvalue weighted by atomic mass is 79.9. The number of aromatic amines is 1. The van der Waals surface area contributed by atoms with E-state index >= 15 is 0 Å². The molecule has 2 aromatic heterocycles. The number of ether oxygens (including phenoxy) is 1. The first-order chi connectivity index (χ1) is 8.04. The number of nitrogens with one attached hydrogen (secondary N) is 1. The molecule has 0 atom stereocenters. The topological polar surface area (TPSA) is 42.1 Å². The van der Waals surface area contributed by atoms with Crippen LogP contribution in [0.15, 0.2) is 10.7 Å². The van der Waals surface area contributed by atoms with Gasteiger partial charge in [-0.2, -0.15) is 0 Å². The molecule has 2 aromatic rings. The van der Waals surface area contributed by atoms with Crippen LogP contribution in [0.3, 0.4) is 0 Å². The Kier molecular flexibility index (Phi) is 3.58. The van der Waals surface area contributed by atoms with Crippen LogP contribution in [0.1, 0.15) is 41.9 Å². The van der Waals surface area contributed by atoms with Crippen LogP contribution >= 0.6 is 27.3 Å². The molecule has 0 aliphatic rings. The Labute approximate surface area is 112 Å². The van der Waals surface area contributed by atoms with Gasteiger partial charge in [0, 0.05) is 5.56 Å². The highest BCUT2D eigenvalue weighted by Gasteiger charge is 2.18. The predicted octanol–water partition coefficient (Wildman–Crippen LogP) is 4.29. The van der Waals surface area contributed by atoms with E-state index in [9.17, 15) is 4.79 Å². The summed E-state index contributed by atoms with van der Waals surface area (Å²) in [5.74, 6) is 0.166. The van der Waals surface area contributed by atoms with Crippen LogP contribution < -0.4 is 0 Å². The van der Waals surface area contributed by atoms with Gasteiger partial charge in [0.1, 0.15) is 4.88 Å². The Morgan fingerprint density at radius 1 is 1.59 bits per heavy atom. The summed E-state index contributed by atoms with van der Waals surface area (Å²) in [5, 5.41) is 0. The van der Waals surface area contributed by atoms with Crippen molar-refractivity contribution in [2.45, 2.75) is 26.7 Å². The third kappa shape index (κ3) is 2.26. The molecular formula is C12H14BrNO2S. The zero-order valence-electron chi connectivity index (χ0n) is 9.96. The smallest absolute Gasteiger partial charge is 0.348 e. The van der Waals surface area contributed by atoms with Gasteiger partial charge in [0.25, 0.3) is 0 Å². The van der Waals surface area contributed by atoms with Crippen molar-refractivity contribution in [3.63, 3.8) is 0 Å². The largest absolute Gasteiger partial charge is 0.462 e. The fraction of sp³-hybridized carbons (Fsp3) is 0.417. The average Bonchev–Trinajstić information content (AvgIpc) is 2.73. The molecular weight excluding hydrogens is 302 g/mol. The van der Waals surface area contributed by atoms with Crippen LogP contribution in [-0.2, 0) is 4.74 Å². The van der Waals surface area contributed by atoms with Gasteiger partial charge in [-0.1, -0.05) is 13.8 Å². The molecule has 2 rings (SSSR count). The number of H-pyrrole nitrogens is 1. The molecule has 5 heteroatoms. The van der Waals surface area contributed by atoms with E-state index in [2.05, 4.69) is 34.8 Å². The van der Waals surface area contributed by atoms with E-state index in [4.69, 9.17) is 4.74 Å². The zero-order chi connectivity index (χ0) is 12.6. The molecule has 0 aromatic carbocycles. The quantitative estimate of drug-likeness (QED) is 0.858. The van der Waals surface area contributed by atoms with Crippen LogP contribution in [0.25, 0.3) is 10.2 Å². The van der Waals surface area contributed by atoms with Gasteiger partial charge in [-0.05, 0) is 34.8 Å². The van der Waals surface area contributed by atoms with Crippen molar-refractivity contribution < 1.29 is 9.53 Å². The van der Waals surface area contributed by atoms with E-state index in [1.54, 1.807) is 0 Å². The van der Waals surface area contributed by atoms with Crippen LogP contribution in [0.2, 0.25) is 0 Å². The summed E-state index contributed by atoms with van der Waals surface area (Å²) in [5.41, 5.74) is 2.22. The summed E-state index contributed by atoms with van der Waals surface area (Å²) in [6, 6.07) is 1.86. The van der Waals surface area contributed by atoms with Gasteiger partial charge in [-0.3, -0.25) is 0 Å². The average molecular weight is 316 g/mol. The minimum absolute atomic E-state index is 0.243. The summed E-state index contributed by atoms with van der Waals surface area (Å²) in [6.45, 7) is 6.49. The third-order valence-corrected chi connectivity index (χ3v) is 4.29. The lowest BCUT2D eigenvalue weighted by Crippen LogP contribution is -2.01. The van der Waals surface area contributed by atoms with Crippen LogP contribution in [0.4, 0.5) is 0 Å². The number of aromatic nitrogens is 1. The zero-order valence-corrected chi connectivity index (χ0v) is 12.4. The first-order valence-corrected chi connectivity index (χ1v) is 7.13. The maximum atomic E-state index is 11.6. The Hall–Kier alpha value is -0.810. The highest BCUT2D eigenvalue weighted by molar-refractivity contribution is 9.10. The second-order valence-electron chi connectivity index (χ2n) is 4.08. The number of hydrogen-bond donors (Lipinski definition) is 1. The van der Waals surface area contributed by atoms with Crippen molar-refractivity contribution in [3.8, 4) is 0 Å². The van der Waals surface area contributed by atoms with Crippen molar-refractivity contribution in [3.05, 3.63) is 21.1 Å². The molecule has 0 aliphatic carbocycles. The SMILES string of the molecule is CCOC(=O)c1cc2[nH]c(Br)c(C(C)C)c2s1. The third-order valence-electron chi connectivity index (χ3n) is 2.51. The van der Waals surface area contributed by atoms with Crippen molar-refractivity contribution in [2.24, 2.45) is 0 Å². The molecule has 3 nitrogen and oxygen atoms in total. The molecule has 0 aliphatic heterocycles. The molecule has 92 valence electrons. The van der Waals surface area contributed by atoms with Crippen molar-refractivity contribution in [1.29, 1.82) is 0 Å². The summed E-state index contributed by atoms with van der Waals surface area (Å²) in [4.78, 5) is 15.5. The number of rotatable bonds is 3. The minimum Gasteiger partial charge on any atom is -0.462 e. The molecule has 1 N–H and O–H groups in total. The van der Waals surface area contributed by atoms with Gasteiger partial charge < -0.3 is 9.72 Å². The predicted molar refractivity (Wildman–Crippen MR) is 73.9 cm³/mol. The minimum atomic E-state index is -0.243. The standard InChI is InChI=1S/C12H14BrNO2S/c1-4-16-12(15)8-5-7-10(17-8)9(6(2)3)11(13)14-7/h5-6,14H,4H2,1-3H3. The molecule has 2 heterocycles. The molecule has 17 heavy (non-hydrogen) atoms. The van der Waals surface area contributed by atoms with Gasteiger partial charge in [0.15, 0.2) is 0 Å². The number of fused-ring (bicyclic) bond motifs is 1. The number of esters is 1. The number of hydrogen-bond acceptors (Lipinski definition) is 3. The maximum absolute atomic E-state index is 11.6. The Morgan fingerprint density at radius 3 is 2.88 bits per heavy atom. The van der Waals surface area contributed by atoms with E-state index in [0.717, 1.165) is 14.8 Å². The maximum Gasteiger partial charge on any atom is 0.348 e. The summed E-state index contributed by atoms with van der Waals surface area (Å²) < 4.78 is 7.14. The lowest BCUT2D eigenvalue weighted by molar-refractivity contribution is 0.0532. The molecule has 0 spiro atoms. The second kappa shape index (κ2) is 4.82. The van der Waals surface area contributed by atoms with Gasteiger partial charge in [0.05, 0.1) is 21.4 Å². The lowest BCUT2D eigenvalue weighted by Gasteiger charge is -2.02. The van der Waals surface area contributed by atoms with Crippen molar-refractivity contribution in [2.75, 3.05) is 6.61 Å². The Morgan fingerprint density at radius 2 is 2.29 bits per heavy atom. The first kappa shape index (κ1) is 12.6. The Bertz CT molecular complexity index is 556. The van der Waals surface area contributed by atoms with Crippen molar-refractivity contribution in [1.82, 2.24) is 4.98 Å². The number of carbonyl (C=O) groups is 1. The van der Waals surface area contributed by atoms with E-state index in [-0.39, 0.29) is 5.97 Å². The number of thiophene rings is 1. The normalized spacial score (nSPS) is 11.4. The van der Waals surface area contributed by atoms with Gasteiger partial charge in [0.2, 0.25) is 0 Å². The number of halogens is 1. The van der Waals surface area contributed by atoms with Crippen LogP contribution in [0, 0.1) is 0 Å². The molecule has 0 amide bonds. The molecule has 0 fully saturated rings. The van der Waals surface area contributed by atoms with Gasteiger partial charge in [-0.25, -0.2) is 4.79 Å². The second-order valence-corrected chi connectivity index (χ2v) is 5.93. The van der Waals surface area contributed by atoms with E-state index in [1.165, 1.54) is 16.9 Å². The molecule has 0 radical (unpaired) electrons. The monoisotopic (exact) mass is 315 g/mol. The fourth-order valence-corrected chi connectivity index (χ4v) is 4.00. The summed E-state index contributed by atoms with van der Waals surface area (Å²) >= 11 is 5.00. The molecule has 0 bridgehead atoms. The van der Waals surface area contributed by atoms with Gasteiger partial charge in [-0.15, -0.1) is 11.3 Å². The molecule has 0 saturated heterocycles. The van der Waals surface area contributed by atoms with E-state index in [0.29, 0.717) is 17.4 Å². The fourth-order valence-electron chi connectivity index (χ4n) is 1.79. The van der Waals surface area contributed by atoms with E-state index < -0.39 is 0 Å². The summed E-state index contributed by atoms with van der Waals surface area (Å²) in [7, 11) is 0. The van der Waals surface area contributed by atoms with E-state index in [1.807, 2.05) is 13.0 Å². The summed E-state index contributed by atoms with van der Waals surface area (Å²) in [6.07, 6.45) is 0. The first-order valence-electron chi connectivity index (χ1n) is 5.52. The van der Waals surface area contributed by atoms with Crippen molar-refractivity contribution >= 4 is 43.5 Å². The Balaban J connectivity index is 2.48. The van der Waals surface area contributed by atoms with Crippen LogP contribution in [0.5, 0.6) is 0 Å².